The average Bonchev–Trinajstić information content (AvgIpc) is 3.03. The molecule has 1 amide bonds. The van der Waals surface area contributed by atoms with Crippen molar-refractivity contribution < 1.29 is 22.5 Å². The fraction of sp³-hybridized carbons (Fsp3) is 0.529. The van der Waals surface area contributed by atoms with Gasteiger partial charge in [-0.1, -0.05) is 11.2 Å². The quantitative estimate of drug-likeness (QED) is 0.609. The van der Waals surface area contributed by atoms with Crippen molar-refractivity contribution in [1.82, 2.24) is 24.3 Å². The Kier molecular flexibility index (Phi) is 6.06. The van der Waals surface area contributed by atoms with Crippen LogP contribution in [0, 0.1) is 6.92 Å². The van der Waals surface area contributed by atoms with Crippen LogP contribution in [0.3, 0.4) is 0 Å². The van der Waals surface area contributed by atoms with E-state index in [4.69, 9.17) is 9.26 Å². The number of sulfonamides is 1. The number of aryl methyl sites for hydroxylation is 1. The van der Waals surface area contributed by atoms with Gasteiger partial charge in [0.25, 0.3) is 11.8 Å². The van der Waals surface area contributed by atoms with Gasteiger partial charge in [0.2, 0.25) is 10.0 Å². The van der Waals surface area contributed by atoms with Crippen LogP contribution in [0.25, 0.3) is 0 Å². The highest BCUT2D eigenvalue weighted by atomic mass is 32.2. The van der Waals surface area contributed by atoms with Crippen LogP contribution in [-0.2, 0) is 27.8 Å². The molecule has 2 aromatic rings. The van der Waals surface area contributed by atoms with Crippen molar-refractivity contribution in [2.24, 2.45) is 0 Å². The van der Waals surface area contributed by atoms with Crippen LogP contribution in [-0.4, -0.2) is 77.7 Å². The molecule has 0 aromatic carbocycles. The minimum Gasteiger partial charge on any atom is -0.375 e. The Hall–Kier alpha value is -2.37. The predicted molar refractivity (Wildman–Crippen MR) is 98.9 cm³/mol. The van der Waals surface area contributed by atoms with Crippen LogP contribution in [0.2, 0.25) is 0 Å². The van der Waals surface area contributed by atoms with Crippen LogP contribution < -0.4 is 0 Å². The van der Waals surface area contributed by atoms with Gasteiger partial charge in [0.15, 0.2) is 5.82 Å². The van der Waals surface area contributed by atoms with Gasteiger partial charge in [-0.25, -0.2) is 13.4 Å². The molecule has 0 saturated carbocycles. The standard InChI is InChI=1S/C17H23N5O5S/c1-12-5-4-6-14(18-12)17(23)21-9-13(10-21)22(28(3,24)25)8-7-15-19-16(11-26-2)27-20-15/h4-6,13H,7-11H2,1-3H3. The van der Waals surface area contributed by atoms with E-state index in [0.717, 1.165) is 11.9 Å². The Morgan fingerprint density at radius 3 is 2.75 bits per heavy atom. The first kappa shape index (κ1) is 20.4. The molecule has 1 aliphatic rings. The maximum absolute atomic E-state index is 12.5. The van der Waals surface area contributed by atoms with E-state index in [1.165, 1.54) is 11.4 Å². The Labute approximate surface area is 163 Å². The van der Waals surface area contributed by atoms with Gasteiger partial charge in [-0.3, -0.25) is 4.79 Å². The maximum Gasteiger partial charge on any atom is 0.272 e. The first-order valence-electron chi connectivity index (χ1n) is 8.78. The maximum atomic E-state index is 12.5. The largest absolute Gasteiger partial charge is 0.375 e. The predicted octanol–water partition coefficient (Wildman–Crippen LogP) is 0.248. The molecule has 3 heterocycles. The van der Waals surface area contributed by atoms with Crippen molar-refractivity contribution in [3.8, 4) is 0 Å². The number of amides is 1. The van der Waals surface area contributed by atoms with Crippen LogP contribution in [0.1, 0.15) is 27.9 Å². The van der Waals surface area contributed by atoms with Crippen molar-refractivity contribution in [1.29, 1.82) is 0 Å². The summed E-state index contributed by atoms with van der Waals surface area (Å²) >= 11 is 0. The number of ether oxygens (including phenoxy) is 1. The number of likely N-dealkylation sites (tertiary alicyclic amines) is 1. The number of hydrogen-bond donors (Lipinski definition) is 0. The van der Waals surface area contributed by atoms with Gasteiger partial charge >= 0.3 is 0 Å². The normalized spacial score (nSPS) is 15.1. The minimum atomic E-state index is -3.45. The molecule has 1 aliphatic heterocycles. The molecule has 1 fully saturated rings. The fourth-order valence-corrected chi connectivity index (χ4v) is 4.13. The third-order valence-electron chi connectivity index (χ3n) is 4.42. The van der Waals surface area contributed by atoms with Gasteiger partial charge in [0, 0.05) is 38.9 Å². The molecular weight excluding hydrogens is 386 g/mol. The van der Waals surface area contributed by atoms with Crippen LogP contribution in [0.4, 0.5) is 0 Å². The Balaban J connectivity index is 1.60. The lowest BCUT2D eigenvalue weighted by molar-refractivity contribution is 0.0448. The molecule has 152 valence electrons. The zero-order valence-corrected chi connectivity index (χ0v) is 16.8. The number of rotatable bonds is 8. The van der Waals surface area contributed by atoms with Crippen molar-refractivity contribution in [2.45, 2.75) is 26.0 Å². The topological polar surface area (TPSA) is 119 Å². The molecule has 0 bridgehead atoms. The molecular formula is C17H23N5O5S. The molecule has 10 nitrogen and oxygen atoms in total. The van der Waals surface area contributed by atoms with Gasteiger partial charge in [0.05, 0.1) is 12.3 Å². The summed E-state index contributed by atoms with van der Waals surface area (Å²) in [7, 11) is -1.93. The summed E-state index contributed by atoms with van der Waals surface area (Å²) in [5, 5.41) is 3.82. The number of carbonyl (C=O) groups excluding carboxylic acids is 1. The van der Waals surface area contributed by atoms with E-state index in [9.17, 15) is 13.2 Å². The van der Waals surface area contributed by atoms with Crippen LogP contribution in [0.5, 0.6) is 0 Å². The highest BCUT2D eigenvalue weighted by Gasteiger charge is 2.39. The highest BCUT2D eigenvalue weighted by Crippen LogP contribution is 2.20. The van der Waals surface area contributed by atoms with E-state index in [2.05, 4.69) is 15.1 Å². The molecule has 11 heteroatoms. The third-order valence-corrected chi connectivity index (χ3v) is 5.76. The summed E-state index contributed by atoms with van der Waals surface area (Å²) in [6.45, 7) is 2.87. The molecule has 1 saturated heterocycles. The summed E-state index contributed by atoms with van der Waals surface area (Å²) in [6.07, 6.45) is 1.47. The molecule has 0 spiro atoms. The molecule has 3 rings (SSSR count). The fourth-order valence-electron chi connectivity index (χ4n) is 3.03. The van der Waals surface area contributed by atoms with Crippen LogP contribution >= 0.6 is 0 Å². The highest BCUT2D eigenvalue weighted by molar-refractivity contribution is 7.88. The lowest BCUT2D eigenvalue weighted by atomic mass is 10.1. The van der Waals surface area contributed by atoms with E-state index in [1.807, 2.05) is 13.0 Å². The van der Waals surface area contributed by atoms with Gasteiger partial charge in [-0.2, -0.15) is 9.29 Å². The third kappa shape index (κ3) is 4.72. The summed E-state index contributed by atoms with van der Waals surface area (Å²) in [5.41, 5.74) is 1.12. The Morgan fingerprint density at radius 1 is 1.36 bits per heavy atom. The van der Waals surface area contributed by atoms with E-state index in [-0.39, 0.29) is 25.1 Å². The molecule has 28 heavy (non-hydrogen) atoms. The van der Waals surface area contributed by atoms with E-state index < -0.39 is 10.0 Å². The molecule has 2 aromatic heterocycles. The van der Waals surface area contributed by atoms with Gasteiger partial charge in [-0.15, -0.1) is 0 Å². The second-order valence-electron chi connectivity index (χ2n) is 6.69. The van der Waals surface area contributed by atoms with Gasteiger partial charge < -0.3 is 14.2 Å². The van der Waals surface area contributed by atoms with Crippen molar-refractivity contribution in [2.75, 3.05) is 33.0 Å². The first-order valence-corrected chi connectivity index (χ1v) is 10.6. The minimum absolute atomic E-state index is 0.198. The Morgan fingerprint density at radius 2 is 2.11 bits per heavy atom. The lowest BCUT2D eigenvalue weighted by Gasteiger charge is -2.44. The summed E-state index contributed by atoms with van der Waals surface area (Å²) in [6, 6.07) is 4.97. The number of aromatic nitrogens is 3. The number of methoxy groups -OCH3 is 1. The van der Waals surface area contributed by atoms with Gasteiger partial charge in [-0.05, 0) is 19.1 Å². The molecule has 0 unspecified atom stereocenters. The molecule has 0 N–H and O–H groups in total. The number of carbonyl (C=O) groups is 1. The van der Waals surface area contributed by atoms with Crippen molar-refractivity contribution >= 4 is 15.9 Å². The zero-order valence-electron chi connectivity index (χ0n) is 16.0. The van der Waals surface area contributed by atoms with Crippen molar-refractivity contribution in [3.63, 3.8) is 0 Å². The monoisotopic (exact) mass is 409 g/mol. The van der Waals surface area contributed by atoms with E-state index >= 15 is 0 Å². The zero-order chi connectivity index (χ0) is 20.3. The van der Waals surface area contributed by atoms with Crippen molar-refractivity contribution in [3.05, 3.63) is 41.3 Å². The van der Waals surface area contributed by atoms with E-state index in [1.54, 1.807) is 17.0 Å². The van der Waals surface area contributed by atoms with Gasteiger partial charge in [0.1, 0.15) is 12.3 Å². The second-order valence-corrected chi connectivity index (χ2v) is 8.62. The molecule has 0 atom stereocenters. The summed E-state index contributed by atoms with van der Waals surface area (Å²) in [5.74, 6) is 0.558. The summed E-state index contributed by atoms with van der Waals surface area (Å²) < 4.78 is 35.7. The average molecular weight is 409 g/mol. The van der Waals surface area contributed by atoms with Crippen LogP contribution in [0.15, 0.2) is 22.7 Å². The number of hydrogen-bond acceptors (Lipinski definition) is 8. The van der Waals surface area contributed by atoms with E-state index in [0.29, 0.717) is 36.9 Å². The lowest BCUT2D eigenvalue weighted by Crippen LogP contribution is -2.62. The smallest absolute Gasteiger partial charge is 0.272 e. The molecule has 0 radical (unpaired) electrons. The molecule has 0 aliphatic carbocycles. The number of pyridine rings is 1. The second kappa shape index (κ2) is 8.33. The summed E-state index contributed by atoms with van der Waals surface area (Å²) in [4.78, 5) is 22.5. The number of nitrogens with zero attached hydrogens (tertiary/aromatic N) is 5. The first-order chi connectivity index (χ1) is 13.3. The Bertz CT molecular complexity index is 939. The SMILES string of the molecule is COCc1nc(CCN(C2CN(C(=O)c3cccc(C)n3)C2)S(C)(=O)=O)no1.